The Morgan fingerprint density at radius 3 is 2.31 bits per heavy atom. The molecule has 0 unspecified atom stereocenters. The Morgan fingerprint density at radius 1 is 1.38 bits per heavy atom. The van der Waals surface area contributed by atoms with E-state index < -0.39 is 35.4 Å². The van der Waals surface area contributed by atoms with Crippen LogP contribution in [0.25, 0.3) is 0 Å². The van der Waals surface area contributed by atoms with Crippen molar-refractivity contribution >= 4 is 5.82 Å². The maximum Gasteiger partial charge on any atom is 0.420 e. The summed E-state index contributed by atoms with van der Waals surface area (Å²) in [6.07, 6.45) is -7.96. The summed E-state index contributed by atoms with van der Waals surface area (Å²) in [5.74, 6) is -1.47. The minimum absolute atomic E-state index is 0.222. The van der Waals surface area contributed by atoms with Crippen molar-refractivity contribution in [2.45, 2.75) is 12.6 Å². The van der Waals surface area contributed by atoms with Crippen LogP contribution in [0.1, 0.15) is 17.7 Å². The standard InChI is InChI=1S/C8H7F5N2O/c1-16-5-3(8(11,12)13)2-4(6(9)10)15-7(5)14/h2,6H,1H3,(H2,14,15). The second kappa shape index (κ2) is 4.11. The lowest BCUT2D eigenvalue weighted by Gasteiger charge is -2.14. The number of nitrogens with two attached hydrogens (primary N) is 1. The quantitative estimate of drug-likeness (QED) is 0.811. The van der Waals surface area contributed by atoms with Gasteiger partial charge < -0.3 is 10.5 Å². The molecular formula is C8H7F5N2O. The zero-order chi connectivity index (χ0) is 12.5. The molecule has 0 aliphatic heterocycles. The van der Waals surface area contributed by atoms with Gasteiger partial charge in [0.05, 0.1) is 7.11 Å². The number of alkyl halides is 5. The molecule has 0 atom stereocenters. The second-order valence-corrected chi connectivity index (χ2v) is 2.81. The number of nitrogens with zero attached hydrogens (tertiary/aromatic N) is 1. The zero-order valence-corrected chi connectivity index (χ0v) is 7.98. The van der Waals surface area contributed by atoms with Crippen molar-refractivity contribution in [1.82, 2.24) is 4.98 Å². The zero-order valence-electron chi connectivity index (χ0n) is 7.98. The third kappa shape index (κ3) is 2.31. The van der Waals surface area contributed by atoms with Crippen LogP contribution in [0.15, 0.2) is 6.07 Å². The molecule has 0 amide bonds. The molecule has 0 aromatic carbocycles. The van der Waals surface area contributed by atoms with Crippen molar-refractivity contribution in [2.24, 2.45) is 0 Å². The summed E-state index contributed by atoms with van der Waals surface area (Å²) in [5.41, 5.74) is 2.70. The number of hydrogen-bond donors (Lipinski definition) is 1. The minimum Gasteiger partial charge on any atom is -0.492 e. The van der Waals surface area contributed by atoms with Gasteiger partial charge in [-0.05, 0) is 6.07 Å². The molecule has 0 aliphatic carbocycles. The van der Waals surface area contributed by atoms with Crippen LogP contribution in [0, 0.1) is 0 Å². The first-order valence-corrected chi connectivity index (χ1v) is 3.97. The number of aromatic nitrogens is 1. The largest absolute Gasteiger partial charge is 0.492 e. The van der Waals surface area contributed by atoms with Crippen molar-refractivity contribution in [3.8, 4) is 5.75 Å². The second-order valence-electron chi connectivity index (χ2n) is 2.81. The Hall–Kier alpha value is -1.60. The lowest BCUT2D eigenvalue weighted by molar-refractivity contribution is -0.138. The number of ether oxygens (including phenoxy) is 1. The van der Waals surface area contributed by atoms with E-state index in [-0.39, 0.29) is 6.07 Å². The fourth-order valence-electron chi connectivity index (χ4n) is 1.11. The Morgan fingerprint density at radius 2 is 1.94 bits per heavy atom. The summed E-state index contributed by atoms with van der Waals surface area (Å²) in [5, 5.41) is 0. The van der Waals surface area contributed by atoms with Crippen molar-refractivity contribution in [2.75, 3.05) is 12.8 Å². The average molecular weight is 242 g/mol. The van der Waals surface area contributed by atoms with E-state index >= 15 is 0 Å². The first-order valence-electron chi connectivity index (χ1n) is 3.97. The molecule has 1 aromatic rings. The van der Waals surface area contributed by atoms with E-state index in [1.165, 1.54) is 0 Å². The molecule has 0 saturated heterocycles. The van der Waals surface area contributed by atoms with Gasteiger partial charge >= 0.3 is 6.18 Å². The van der Waals surface area contributed by atoms with Crippen molar-refractivity contribution < 1.29 is 26.7 Å². The van der Waals surface area contributed by atoms with Crippen LogP contribution in [0.5, 0.6) is 5.75 Å². The smallest absolute Gasteiger partial charge is 0.420 e. The maximum atomic E-state index is 12.5. The summed E-state index contributed by atoms with van der Waals surface area (Å²) < 4.78 is 66.2. The molecule has 0 saturated carbocycles. The predicted molar refractivity (Wildman–Crippen MR) is 45.2 cm³/mol. The Kier molecular flexibility index (Phi) is 3.20. The number of nitrogen functional groups attached to an aromatic ring is 1. The van der Waals surface area contributed by atoms with Gasteiger partial charge in [0, 0.05) is 0 Å². The minimum atomic E-state index is -4.83. The lowest BCUT2D eigenvalue weighted by Crippen LogP contribution is -2.12. The molecule has 0 aliphatic rings. The third-order valence-corrected chi connectivity index (χ3v) is 1.75. The molecule has 3 nitrogen and oxygen atoms in total. The fourth-order valence-corrected chi connectivity index (χ4v) is 1.11. The van der Waals surface area contributed by atoms with E-state index in [2.05, 4.69) is 9.72 Å². The molecule has 1 rings (SSSR count). The Balaban J connectivity index is 3.43. The van der Waals surface area contributed by atoms with Crippen LogP contribution < -0.4 is 10.5 Å². The molecule has 1 aromatic heterocycles. The van der Waals surface area contributed by atoms with E-state index in [0.717, 1.165) is 7.11 Å². The lowest BCUT2D eigenvalue weighted by atomic mass is 10.2. The van der Waals surface area contributed by atoms with Gasteiger partial charge in [-0.2, -0.15) is 13.2 Å². The summed E-state index contributed by atoms with van der Waals surface area (Å²) in [6, 6.07) is 0.222. The van der Waals surface area contributed by atoms with Gasteiger partial charge in [0.1, 0.15) is 11.3 Å². The first kappa shape index (κ1) is 12.5. The predicted octanol–water partition coefficient (Wildman–Crippen LogP) is 2.63. The number of methoxy groups -OCH3 is 1. The first-order chi connectivity index (χ1) is 7.27. The molecule has 0 radical (unpaired) electrons. The molecular weight excluding hydrogens is 235 g/mol. The van der Waals surface area contributed by atoms with Crippen LogP contribution in [0.3, 0.4) is 0 Å². The average Bonchev–Trinajstić information content (AvgIpc) is 2.14. The van der Waals surface area contributed by atoms with Crippen molar-refractivity contribution in [3.05, 3.63) is 17.3 Å². The van der Waals surface area contributed by atoms with Crippen LogP contribution in [0.2, 0.25) is 0 Å². The molecule has 0 bridgehead atoms. The van der Waals surface area contributed by atoms with E-state index in [9.17, 15) is 22.0 Å². The summed E-state index contributed by atoms with van der Waals surface area (Å²) in [7, 11) is 0.949. The van der Waals surface area contributed by atoms with Crippen LogP contribution in [-0.2, 0) is 6.18 Å². The monoisotopic (exact) mass is 242 g/mol. The third-order valence-electron chi connectivity index (χ3n) is 1.75. The fraction of sp³-hybridized carbons (Fsp3) is 0.375. The normalized spacial score (nSPS) is 11.9. The van der Waals surface area contributed by atoms with Gasteiger partial charge in [-0.1, -0.05) is 0 Å². The number of rotatable bonds is 2. The Bertz CT molecular complexity index is 391. The van der Waals surface area contributed by atoms with E-state index in [1.54, 1.807) is 0 Å². The van der Waals surface area contributed by atoms with E-state index in [0.29, 0.717) is 0 Å². The van der Waals surface area contributed by atoms with Crippen LogP contribution >= 0.6 is 0 Å². The molecule has 0 fully saturated rings. The van der Waals surface area contributed by atoms with Gasteiger partial charge in [-0.15, -0.1) is 0 Å². The molecule has 16 heavy (non-hydrogen) atoms. The highest BCUT2D eigenvalue weighted by Gasteiger charge is 2.37. The maximum absolute atomic E-state index is 12.5. The van der Waals surface area contributed by atoms with E-state index in [4.69, 9.17) is 5.73 Å². The topological polar surface area (TPSA) is 48.1 Å². The van der Waals surface area contributed by atoms with Gasteiger partial charge in [0.15, 0.2) is 11.6 Å². The van der Waals surface area contributed by atoms with Gasteiger partial charge in [-0.25, -0.2) is 13.8 Å². The summed E-state index contributed by atoms with van der Waals surface area (Å²) in [6.45, 7) is 0. The molecule has 2 N–H and O–H groups in total. The highest BCUT2D eigenvalue weighted by atomic mass is 19.4. The number of hydrogen-bond acceptors (Lipinski definition) is 3. The number of anilines is 1. The molecule has 1 heterocycles. The van der Waals surface area contributed by atoms with Crippen molar-refractivity contribution in [3.63, 3.8) is 0 Å². The molecule has 90 valence electrons. The van der Waals surface area contributed by atoms with Crippen molar-refractivity contribution in [1.29, 1.82) is 0 Å². The molecule has 0 spiro atoms. The van der Waals surface area contributed by atoms with Gasteiger partial charge in [0.2, 0.25) is 0 Å². The van der Waals surface area contributed by atoms with Crippen LogP contribution in [-0.4, -0.2) is 12.1 Å². The molecule has 8 heteroatoms. The highest BCUT2D eigenvalue weighted by Crippen LogP contribution is 2.40. The highest BCUT2D eigenvalue weighted by molar-refractivity contribution is 5.53. The summed E-state index contributed by atoms with van der Waals surface area (Å²) >= 11 is 0. The SMILES string of the molecule is COc1c(C(F)(F)F)cc(C(F)F)nc1N. The van der Waals surface area contributed by atoms with Gasteiger partial charge in [0.25, 0.3) is 6.43 Å². The summed E-state index contributed by atoms with van der Waals surface area (Å²) in [4.78, 5) is 3.12. The van der Waals surface area contributed by atoms with E-state index in [1.807, 2.05) is 0 Å². The van der Waals surface area contributed by atoms with Gasteiger partial charge in [-0.3, -0.25) is 0 Å². The Labute approximate surface area is 87.0 Å². The van der Waals surface area contributed by atoms with Crippen LogP contribution in [0.4, 0.5) is 27.8 Å². The number of halogens is 5. The number of pyridine rings is 1.